The Kier molecular flexibility index (Phi) is 4.84. The van der Waals surface area contributed by atoms with Crippen molar-refractivity contribution in [3.8, 4) is 11.5 Å². The van der Waals surface area contributed by atoms with Crippen molar-refractivity contribution in [3.63, 3.8) is 0 Å². The normalized spacial score (nSPS) is 12.3. The molecule has 35 heavy (non-hydrogen) atoms. The van der Waals surface area contributed by atoms with Gasteiger partial charge in [0.25, 0.3) is 11.5 Å². The molecule has 10 nitrogen and oxygen atoms in total. The van der Waals surface area contributed by atoms with Gasteiger partial charge in [0.05, 0.1) is 23.8 Å². The van der Waals surface area contributed by atoms with Gasteiger partial charge in [-0.25, -0.2) is 4.98 Å². The van der Waals surface area contributed by atoms with E-state index in [9.17, 15) is 9.59 Å². The third-order valence-electron chi connectivity index (χ3n) is 5.85. The summed E-state index contributed by atoms with van der Waals surface area (Å²) in [5, 5.41) is 11.9. The number of fused-ring (bicyclic) bond motifs is 3. The molecule has 4 aromatic heterocycles. The van der Waals surface area contributed by atoms with E-state index in [1.165, 1.54) is 21.3 Å². The van der Waals surface area contributed by atoms with Gasteiger partial charge in [-0.1, -0.05) is 12.1 Å². The summed E-state index contributed by atoms with van der Waals surface area (Å²) >= 11 is 0. The van der Waals surface area contributed by atoms with Gasteiger partial charge < -0.3 is 23.8 Å². The molecule has 5 heterocycles. The Morgan fingerprint density at radius 1 is 1.09 bits per heavy atom. The predicted octanol–water partition coefficient (Wildman–Crippen LogP) is 2.43. The van der Waals surface area contributed by atoms with E-state index >= 15 is 0 Å². The van der Waals surface area contributed by atoms with E-state index < -0.39 is 5.91 Å². The van der Waals surface area contributed by atoms with Crippen LogP contribution < -0.4 is 25.8 Å². The molecule has 0 atom stereocenters. The van der Waals surface area contributed by atoms with Crippen LogP contribution in [0, 0.1) is 5.41 Å². The van der Waals surface area contributed by atoms with Crippen molar-refractivity contribution in [2.75, 3.05) is 6.79 Å². The number of nitrogens with zero attached hydrogens (tertiary/aromatic N) is 3. The lowest BCUT2D eigenvalue weighted by Gasteiger charge is -2.14. The second-order valence-electron chi connectivity index (χ2n) is 8.03. The fourth-order valence-electron chi connectivity index (χ4n) is 4.10. The summed E-state index contributed by atoms with van der Waals surface area (Å²) in [4.78, 5) is 31.1. The number of hydrogen-bond donors (Lipinski definition) is 2. The van der Waals surface area contributed by atoms with Crippen molar-refractivity contribution in [2.24, 2.45) is 0 Å². The first kappa shape index (κ1) is 20.7. The van der Waals surface area contributed by atoms with Gasteiger partial charge in [0, 0.05) is 12.7 Å². The molecule has 5 aromatic rings. The van der Waals surface area contributed by atoms with Crippen LogP contribution in [0.4, 0.5) is 0 Å². The van der Waals surface area contributed by atoms with Crippen molar-refractivity contribution >= 4 is 22.6 Å². The number of rotatable bonds is 5. The molecule has 0 radical (unpaired) electrons. The first-order valence-electron chi connectivity index (χ1n) is 10.9. The number of pyridine rings is 2. The molecule has 1 aromatic carbocycles. The third kappa shape index (κ3) is 3.61. The zero-order valence-corrected chi connectivity index (χ0v) is 18.4. The van der Waals surface area contributed by atoms with Crippen molar-refractivity contribution < 1.29 is 18.7 Å². The predicted molar refractivity (Wildman–Crippen MR) is 124 cm³/mol. The zero-order chi connectivity index (χ0) is 23.9. The molecule has 10 heteroatoms. The van der Waals surface area contributed by atoms with Crippen LogP contribution in [0.25, 0.3) is 16.7 Å². The Morgan fingerprint density at radius 3 is 2.83 bits per heavy atom. The molecule has 0 saturated carbocycles. The number of hydrogen-bond acceptors (Lipinski definition) is 7. The SMILES string of the molecule is N=c1c(C(=O)NCc2ccc3c(c2)OCO3)cc2c(=O)n3ccccc3nc2n1Cc1ccco1. The summed E-state index contributed by atoms with van der Waals surface area (Å²) in [5.74, 6) is 1.35. The lowest BCUT2D eigenvalue weighted by Crippen LogP contribution is -2.35. The highest BCUT2D eigenvalue weighted by Gasteiger charge is 2.19. The Labute approximate surface area is 197 Å². The molecule has 174 valence electrons. The van der Waals surface area contributed by atoms with E-state index in [4.69, 9.17) is 19.3 Å². The highest BCUT2D eigenvalue weighted by Crippen LogP contribution is 2.32. The van der Waals surface area contributed by atoms with Crippen molar-refractivity contribution in [2.45, 2.75) is 13.1 Å². The molecule has 1 aliphatic heterocycles. The van der Waals surface area contributed by atoms with Gasteiger partial charge in [-0.3, -0.25) is 19.4 Å². The minimum absolute atomic E-state index is 0.0552. The maximum Gasteiger partial charge on any atom is 0.267 e. The van der Waals surface area contributed by atoms with Crippen LogP contribution in [-0.2, 0) is 13.1 Å². The molecular weight excluding hydrogens is 450 g/mol. The van der Waals surface area contributed by atoms with E-state index in [-0.39, 0.29) is 41.9 Å². The van der Waals surface area contributed by atoms with Gasteiger partial charge in [-0.15, -0.1) is 0 Å². The molecular formula is C25H19N5O5. The number of carbonyl (C=O) groups is 1. The first-order valence-corrected chi connectivity index (χ1v) is 10.9. The van der Waals surface area contributed by atoms with Crippen LogP contribution in [-0.4, -0.2) is 26.7 Å². The quantitative estimate of drug-likeness (QED) is 0.381. The molecule has 6 rings (SSSR count). The Hall–Kier alpha value is -4.86. The summed E-state index contributed by atoms with van der Waals surface area (Å²) in [7, 11) is 0. The molecule has 0 unspecified atom stereocenters. The Balaban J connectivity index is 1.43. The van der Waals surface area contributed by atoms with Gasteiger partial charge in [0.1, 0.15) is 22.5 Å². The molecule has 0 fully saturated rings. The van der Waals surface area contributed by atoms with Crippen LogP contribution in [0.2, 0.25) is 0 Å². The molecule has 1 amide bonds. The first-order chi connectivity index (χ1) is 17.1. The Morgan fingerprint density at radius 2 is 1.97 bits per heavy atom. The second-order valence-corrected chi connectivity index (χ2v) is 8.03. The number of furan rings is 1. The van der Waals surface area contributed by atoms with E-state index in [1.807, 2.05) is 6.07 Å². The Bertz CT molecular complexity index is 1720. The number of aromatic nitrogens is 3. The molecule has 0 spiro atoms. The average molecular weight is 469 g/mol. The van der Waals surface area contributed by atoms with Crippen LogP contribution >= 0.6 is 0 Å². The van der Waals surface area contributed by atoms with Crippen LogP contribution in [0.15, 0.2) is 76.3 Å². The molecule has 0 aliphatic carbocycles. The fraction of sp³-hybridized carbons (Fsp3) is 0.120. The van der Waals surface area contributed by atoms with Crippen molar-refractivity contribution in [3.05, 3.63) is 99.8 Å². The van der Waals surface area contributed by atoms with Crippen LogP contribution in [0.5, 0.6) is 11.5 Å². The minimum Gasteiger partial charge on any atom is -0.467 e. The number of carbonyl (C=O) groups excluding carboxylic acids is 1. The number of amides is 1. The van der Waals surface area contributed by atoms with Gasteiger partial charge in [0.2, 0.25) is 6.79 Å². The van der Waals surface area contributed by atoms with Gasteiger partial charge >= 0.3 is 0 Å². The van der Waals surface area contributed by atoms with Crippen molar-refractivity contribution in [1.29, 1.82) is 5.41 Å². The van der Waals surface area contributed by atoms with Crippen molar-refractivity contribution in [1.82, 2.24) is 19.3 Å². The summed E-state index contributed by atoms with van der Waals surface area (Å²) in [6.07, 6.45) is 3.15. The minimum atomic E-state index is -0.486. The zero-order valence-electron chi connectivity index (χ0n) is 18.4. The summed E-state index contributed by atoms with van der Waals surface area (Å²) in [6.45, 7) is 0.513. The average Bonchev–Trinajstić information content (AvgIpc) is 3.56. The molecule has 2 N–H and O–H groups in total. The lowest BCUT2D eigenvalue weighted by molar-refractivity contribution is 0.0948. The standard InChI is InChI=1S/C25H19N5O5/c26-22-17(24(31)27-12-15-6-7-19-20(10-15)35-14-34-19)11-18-23(30(22)13-16-4-3-9-33-16)28-21-5-1-2-8-29(21)25(18)32/h1-11,26H,12-14H2,(H,27,31). The molecule has 1 aliphatic rings. The third-order valence-corrected chi connectivity index (χ3v) is 5.85. The maximum atomic E-state index is 13.3. The number of ether oxygens (including phenoxy) is 2. The molecule has 0 saturated heterocycles. The monoisotopic (exact) mass is 469 g/mol. The highest BCUT2D eigenvalue weighted by atomic mass is 16.7. The molecule has 0 bridgehead atoms. The number of nitrogens with one attached hydrogen (secondary N) is 2. The summed E-state index contributed by atoms with van der Waals surface area (Å²) < 4.78 is 19.1. The van der Waals surface area contributed by atoms with E-state index in [1.54, 1.807) is 48.7 Å². The van der Waals surface area contributed by atoms with E-state index in [0.29, 0.717) is 28.6 Å². The van der Waals surface area contributed by atoms with E-state index in [0.717, 1.165) is 5.56 Å². The summed E-state index contributed by atoms with van der Waals surface area (Å²) in [6, 6.07) is 15.6. The van der Waals surface area contributed by atoms with Gasteiger partial charge in [-0.2, -0.15) is 0 Å². The maximum absolute atomic E-state index is 13.3. The topological polar surface area (TPSA) is 124 Å². The smallest absolute Gasteiger partial charge is 0.267 e. The summed E-state index contributed by atoms with van der Waals surface area (Å²) in [5.41, 5.74) is 1.20. The van der Waals surface area contributed by atoms with Gasteiger partial charge in [0.15, 0.2) is 11.5 Å². The highest BCUT2D eigenvalue weighted by molar-refractivity contribution is 5.96. The second kappa shape index (κ2) is 8.17. The van der Waals surface area contributed by atoms with Gasteiger partial charge in [-0.05, 0) is 48.0 Å². The largest absolute Gasteiger partial charge is 0.467 e. The lowest BCUT2D eigenvalue weighted by atomic mass is 10.1. The van der Waals surface area contributed by atoms with Crippen LogP contribution in [0.1, 0.15) is 21.7 Å². The van der Waals surface area contributed by atoms with E-state index in [2.05, 4.69) is 10.3 Å². The number of benzene rings is 1. The van der Waals surface area contributed by atoms with Crippen LogP contribution in [0.3, 0.4) is 0 Å². The fourth-order valence-corrected chi connectivity index (χ4v) is 4.10.